The minimum absolute atomic E-state index is 0.171. The SMILES string of the molecule is Cn1c(C2CC2)csc1=NC(=O)c1ccccc1. The molecule has 0 bridgehead atoms. The summed E-state index contributed by atoms with van der Waals surface area (Å²) in [5.41, 5.74) is 1.94. The maximum Gasteiger partial charge on any atom is 0.279 e. The first-order chi connectivity index (χ1) is 8.75. The molecule has 18 heavy (non-hydrogen) atoms. The molecule has 3 rings (SSSR count). The van der Waals surface area contributed by atoms with Crippen LogP contribution in [0.4, 0.5) is 0 Å². The standard InChI is InChI=1S/C14H14N2OS/c1-16-12(10-7-8-10)9-18-14(16)15-13(17)11-5-3-2-4-6-11/h2-6,9-10H,7-8H2,1H3. The average molecular weight is 258 g/mol. The van der Waals surface area contributed by atoms with Crippen LogP contribution in [0.1, 0.15) is 34.8 Å². The van der Waals surface area contributed by atoms with Gasteiger partial charge >= 0.3 is 0 Å². The highest BCUT2D eigenvalue weighted by Gasteiger charge is 2.26. The van der Waals surface area contributed by atoms with E-state index in [2.05, 4.69) is 10.4 Å². The molecular formula is C14H14N2OS. The average Bonchev–Trinajstić information content (AvgIpc) is 3.17. The van der Waals surface area contributed by atoms with Crippen LogP contribution in [-0.4, -0.2) is 10.5 Å². The largest absolute Gasteiger partial charge is 0.323 e. The smallest absolute Gasteiger partial charge is 0.279 e. The topological polar surface area (TPSA) is 34.4 Å². The lowest BCUT2D eigenvalue weighted by Crippen LogP contribution is -2.15. The van der Waals surface area contributed by atoms with Gasteiger partial charge in [0, 0.05) is 29.6 Å². The molecule has 1 heterocycles. The number of carbonyl (C=O) groups excluding carboxylic acids is 1. The van der Waals surface area contributed by atoms with Crippen LogP contribution in [0.2, 0.25) is 0 Å². The van der Waals surface area contributed by atoms with Gasteiger partial charge in [-0.1, -0.05) is 18.2 Å². The van der Waals surface area contributed by atoms with Crippen molar-refractivity contribution < 1.29 is 4.79 Å². The first-order valence-electron chi connectivity index (χ1n) is 6.04. The van der Waals surface area contributed by atoms with Crippen molar-refractivity contribution in [2.45, 2.75) is 18.8 Å². The van der Waals surface area contributed by atoms with Crippen molar-refractivity contribution in [3.05, 3.63) is 51.8 Å². The van der Waals surface area contributed by atoms with Crippen molar-refractivity contribution >= 4 is 17.2 Å². The Morgan fingerprint density at radius 3 is 2.72 bits per heavy atom. The van der Waals surface area contributed by atoms with E-state index in [0.717, 1.165) is 4.80 Å². The molecule has 0 N–H and O–H groups in total. The molecule has 0 saturated heterocycles. The Bertz CT molecular complexity index is 635. The van der Waals surface area contributed by atoms with Crippen LogP contribution < -0.4 is 4.80 Å². The summed E-state index contributed by atoms with van der Waals surface area (Å²) in [5.74, 6) is 0.512. The van der Waals surface area contributed by atoms with Crippen molar-refractivity contribution in [1.82, 2.24) is 4.57 Å². The Kier molecular flexibility index (Phi) is 2.88. The predicted molar refractivity (Wildman–Crippen MR) is 71.6 cm³/mol. The third kappa shape index (κ3) is 2.16. The normalized spacial score (nSPS) is 15.9. The molecule has 1 aliphatic rings. The van der Waals surface area contributed by atoms with Gasteiger partial charge in [0.15, 0.2) is 4.80 Å². The van der Waals surface area contributed by atoms with Crippen LogP contribution in [0, 0.1) is 0 Å². The Hall–Kier alpha value is -1.68. The fourth-order valence-electron chi connectivity index (χ4n) is 1.96. The minimum atomic E-state index is -0.171. The first-order valence-corrected chi connectivity index (χ1v) is 6.92. The molecule has 0 radical (unpaired) electrons. The summed E-state index contributed by atoms with van der Waals surface area (Å²) in [6.45, 7) is 0. The Balaban J connectivity index is 1.94. The molecule has 1 saturated carbocycles. The fourth-order valence-corrected chi connectivity index (χ4v) is 2.94. The highest BCUT2D eigenvalue weighted by Crippen LogP contribution is 2.39. The van der Waals surface area contributed by atoms with E-state index in [-0.39, 0.29) is 5.91 Å². The third-order valence-electron chi connectivity index (χ3n) is 3.17. The molecule has 0 unspecified atom stereocenters. The highest BCUT2D eigenvalue weighted by molar-refractivity contribution is 7.07. The summed E-state index contributed by atoms with van der Waals surface area (Å²) in [5, 5.41) is 2.12. The lowest BCUT2D eigenvalue weighted by molar-refractivity contribution is 0.0998. The van der Waals surface area contributed by atoms with Crippen molar-refractivity contribution in [1.29, 1.82) is 0 Å². The number of thiazole rings is 1. The Labute approximate surface area is 109 Å². The zero-order chi connectivity index (χ0) is 12.5. The third-order valence-corrected chi connectivity index (χ3v) is 4.11. The molecule has 1 aliphatic carbocycles. The number of hydrogen-bond donors (Lipinski definition) is 0. The maximum atomic E-state index is 12.0. The van der Waals surface area contributed by atoms with Crippen LogP contribution in [0.25, 0.3) is 0 Å². The number of nitrogens with zero attached hydrogens (tertiary/aromatic N) is 2. The molecule has 3 nitrogen and oxygen atoms in total. The molecular weight excluding hydrogens is 244 g/mol. The quantitative estimate of drug-likeness (QED) is 0.815. The van der Waals surface area contributed by atoms with Gasteiger partial charge in [-0.15, -0.1) is 11.3 Å². The molecule has 1 aromatic carbocycles. The minimum Gasteiger partial charge on any atom is -0.323 e. The molecule has 0 atom stereocenters. The van der Waals surface area contributed by atoms with Crippen LogP contribution in [0.15, 0.2) is 40.7 Å². The lowest BCUT2D eigenvalue weighted by Gasteiger charge is -1.98. The van der Waals surface area contributed by atoms with Crippen LogP contribution in [-0.2, 0) is 7.05 Å². The van der Waals surface area contributed by atoms with Crippen LogP contribution in [0.3, 0.4) is 0 Å². The van der Waals surface area contributed by atoms with E-state index in [1.807, 2.05) is 29.8 Å². The van der Waals surface area contributed by atoms with E-state index >= 15 is 0 Å². The van der Waals surface area contributed by atoms with Gasteiger partial charge in [-0.05, 0) is 25.0 Å². The molecule has 1 aromatic heterocycles. The summed E-state index contributed by atoms with van der Waals surface area (Å²) in [7, 11) is 1.99. The number of amides is 1. The van der Waals surface area contributed by atoms with E-state index in [1.165, 1.54) is 18.5 Å². The fraction of sp³-hybridized carbons (Fsp3) is 0.286. The maximum absolute atomic E-state index is 12.0. The van der Waals surface area contributed by atoms with E-state index in [1.54, 1.807) is 23.5 Å². The first kappa shape index (κ1) is 11.4. The second-order valence-electron chi connectivity index (χ2n) is 4.56. The number of aromatic nitrogens is 1. The molecule has 4 heteroatoms. The number of benzene rings is 1. The van der Waals surface area contributed by atoms with Crippen molar-refractivity contribution in [2.24, 2.45) is 12.0 Å². The summed E-state index contributed by atoms with van der Waals surface area (Å²) in [6, 6.07) is 9.19. The monoisotopic (exact) mass is 258 g/mol. The molecule has 0 aliphatic heterocycles. The summed E-state index contributed by atoms with van der Waals surface area (Å²) >= 11 is 1.54. The van der Waals surface area contributed by atoms with Gasteiger partial charge in [0.1, 0.15) is 0 Å². The molecule has 2 aromatic rings. The number of rotatable bonds is 2. The second kappa shape index (κ2) is 4.53. The van der Waals surface area contributed by atoms with Gasteiger partial charge in [-0.3, -0.25) is 4.79 Å². The van der Waals surface area contributed by atoms with Gasteiger partial charge in [0.25, 0.3) is 5.91 Å². The Morgan fingerprint density at radius 2 is 2.06 bits per heavy atom. The summed E-state index contributed by atoms with van der Waals surface area (Å²) in [4.78, 5) is 17.0. The van der Waals surface area contributed by atoms with Crippen LogP contribution in [0.5, 0.6) is 0 Å². The van der Waals surface area contributed by atoms with Gasteiger partial charge in [-0.2, -0.15) is 4.99 Å². The van der Waals surface area contributed by atoms with E-state index in [0.29, 0.717) is 11.5 Å². The molecule has 92 valence electrons. The van der Waals surface area contributed by atoms with Crippen molar-refractivity contribution in [2.75, 3.05) is 0 Å². The predicted octanol–water partition coefficient (Wildman–Crippen LogP) is 2.71. The molecule has 1 fully saturated rings. The van der Waals surface area contributed by atoms with E-state index in [4.69, 9.17) is 0 Å². The second-order valence-corrected chi connectivity index (χ2v) is 5.40. The van der Waals surface area contributed by atoms with Gasteiger partial charge in [0.2, 0.25) is 0 Å². The van der Waals surface area contributed by atoms with Gasteiger partial charge in [0.05, 0.1) is 0 Å². The number of hydrogen-bond acceptors (Lipinski definition) is 2. The van der Waals surface area contributed by atoms with Gasteiger partial charge in [-0.25, -0.2) is 0 Å². The lowest BCUT2D eigenvalue weighted by atomic mass is 10.2. The van der Waals surface area contributed by atoms with E-state index < -0.39 is 0 Å². The highest BCUT2D eigenvalue weighted by atomic mass is 32.1. The Morgan fingerprint density at radius 1 is 1.33 bits per heavy atom. The summed E-state index contributed by atoms with van der Waals surface area (Å²) < 4.78 is 2.04. The summed E-state index contributed by atoms with van der Waals surface area (Å²) in [6.07, 6.45) is 2.52. The van der Waals surface area contributed by atoms with Crippen molar-refractivity contribution in [3.63, 3.8) is 0 Å². The van der Waals surface area contributed by atoms with Gasteiger partial charge < -0.3 is 4.57 Å². The molecule has 1 amide bonds. The van der Waals surface area contributed by atoms with Crippen LogP contribution >= 0.6 is 11.3 Å². The van der Waals surface area contributed by atoms with E-state index in [9.17, 15) is 4.79 Å². The zero-order valence-corrected chi connectivity index (χ0v) is 11.0. The molecule has 0 spiro atoms. The van der Waals surface area contributed by atoms with Crippen molar-refractivity contribution in [3.8, 4) is 0 Å². The zero-order valence-electron chi connectivity index (χ0n) is 10.2. The number of carbonyl (C=O) groups is 1.